The highest BCUT2D eigenvalue weighted by atomic mass is 15.3. The Labute approximate surface area is 127 Å². The molecule has 2 N–H and O–H groups in total. The first-order valence-electron chi connectivity index (χ1n) is 8.06. The van der Waals surface area contributed by atoms with Crippen LogP contribution in [0.25, 0.3) is 0 Å². The van der Waals surface area contributed by atoms with Crippen molar-refractivity contribution in [1.82, 2.24) is 25.4 Å². The summed E-state index contributed by atoms with van der Waals surface area (Å²) in [7, 11) is 1.80. The molecule has 0 saturated carbocycles. The molecule has 6 nitrogen and oxygen atoms in total. The zero-order chi connectivity index (χ0) is 15.1. The molecular formula is C15H28N6. The van der Waals surface area contributed by atoms with Gasteiger partial charge in [-0.2, -0.15) is 0 Å². The summed E-state index contributed by atoms with van der Waals surface area (Å²) < 4.78 is 2.21. The van der Waals surface area contributed by atoms with Crippen LogP contribution in [0.1, 0.15) is 51.2 Å². The van der Waals surface area contributed by atoms with Gasteiger partial charge in [-0.3, -0.25) is 4.99 Å². The fourth-order valence-corrected chi connectivity index (χ4v) is 2.61. The zero-order valence-electron chi connectivity index (χ0n) is 13.5. The number of aliphatic imine (C=N–C) groups is 1. The van der Waals surface area contributed by atoms with Crippen molar-refractivity contribution in [3.05, 3.63) is 11.6 Å². The molecule has 0 fully saturated rings. The summed E-state index contributed by atoms with van der Waals surface area (Å²) in [6, 6.07) is 0. The number of nitrogens with one attached hydrogen (secondary N) is 2. The van der Waals surface area contributed by atoms with Crippen molar-refractivity contribution < 1.29 is 0 Å². The Morgan fingerprint density at radius 2 is 2.14 bits per heavy atom. The van der Waals surface area contributed by atoms with Crippen LogP contribution in [0.15, 0.2) is 4.99 Å². The number of guanidine groups is 1. The first kappa shape index (κ1) is 15.8. The molecule has 6 heteroatoms. The SMILES string of the molecule is CN=C(NCCCCC(C)C)NCc1nnc2n1CCC2. The highest BCUT2D eigenvalue weighted by molar-refractivity contribution is 5.79. The Hall–Kier alpha value is -1.59. The third kappa shape index (κ3) is 4.72. The summed E-state index contributed by atoms with van der Waals surface area (Å²) in [5.41, 5.74) is 0. The van der Waals surface area contributed by atoms with E-state index in [0.29, 0.717) is 6.54 Å². The van der Waals surface area contributed by atoms with Crippen LogP contribution in [-0.4, -0.2) is 34.3 Å². The molecule has 0 amide bonds. The van der Waals surface area contributed by atoms with E-state index in [4.69, 9.17) is 0 Å². The standard InChI is InChI=1S/C15H28N6/c1-12(2)7-4-5-9-17-15(16-3)18-11-14-20-19-13-8-6-10-21(13)14/h12H,4-11H2,1-3H3,(H2,16,17,18). The second-order valence-electron chi connectivity index (χ2n) is 6.03. The average Bonchev–Trinajstić information content (AvgIpc) is 3.05. The lowest BCUT2D eigenvalue weighted by Crippen LogP contribution is -2.37. The predicted octanol–water partition coefficient (Wildman–Crippen LogP) is 1.72. The maximum Gasteiger partial charge on any atom is 0.191 e. The van der Waals surface area contributed by atoms with E-state index in [9.17, 15) is 0 Å². The number of unbranched alkanes of at least 4 members (excludes halogenated alkanes) is 1. The van der Waals surface area contributed by atoms with Crippen molar-refractivity contribution in [2.24, 2.45) is 10.9 Å². The summed E-state index contributed by atoms with van der Waals surface area (Å²) >= 11 is 0. The van der Waals surface area contributed by atoms with Gasteiger partial charge in [0.25, 0.3) is 0 Å². The van der Waals surface area contributed by atoms with Gasteiger partial charge >= 0.3 is 0 Å². The summed E-state index contributed by atoms with van der Waals surface area (Å²) in [4.78, 5) is 4.25. The fraction of sp³-hybridized carbons (Fsp3) is 0.800. The van der Waals surface area contributed by atoms with E-state index in [1.807, 2.05) is 0 Å². The molecule has 1 aliphatic rings. The highest BCUT2D eigenvalue weighted by Gasteiger charge is 2.16. The number of hydrogen-bond donors (Lipinski definition) is 2. The Morgan fingerprint density at radius 1 is 1.29 bits per heavy atom. The number of aromatic nitrogens is 3. The van der Waals surface area contributed by atoms with Gasteiger partial charge in [0, 0.05) is 26.6 Å². The van der Waals surface area contributed by atoms with Gasteiger partial charge in [-0.05, 0) is 18.8 Å². The largest absolute Gasteiger partial charge is 0.356 e. The number of rotatable bonds is 7. The molecule has 1 aliphatic heterocycles. The van der Waals surface area contributed by atoms with E-state index in [1.54, 1.807) is 7.05 Å². The molecular weight excluding hydrogens is 264 g/mol. The van der Waals surface area contributed by atoms with Crippen molar-refractivity contribution in [2.75, 3.05) is 13.6 Å². The second kappa shape index (κ2) is 8.00. The summed E-state index contributed by atoms with van der Waals surface area (Å²) in [5, 5.41) is 15.1. The van der Waals surface area contributed by atoms with Crippen LogP contribution in [0.5, 0.6) is 0 Å². The van der Waals surface area contributed by atoms with E-state index in [0.717, 1.165) is 43.0 Å². The molecule has 0 aliphatic carbocycles. The molecule has 21 heavy (non-hydrogen) atoms. The van der Waals surface area contributed by atoms with Gasteiger partial charge < -0.3 is 15.2 Å². The molecule has 0 unspecified atom stereocenters. The molecule has 0 bridgehead atoms. The maximum atomic E-state index is 4.25. The molecule has 118 valence electrons. The summed E-state index contributed by atoms with van der Waals surface area (Å²) in [6.07, 6.45) is 5.97. The van der Waals surface area contributed by atoms with E-state index < -0.39 is 0 Å². The molecule has 0 radical (unpaired) electrons. The van der Waals surface area contributed by atoms with E-state index in [-0.39, 0.29) is 0 Å². The Morgan fingerprint density at radius 3 is 2.90 bits per heavy atom. The molecule has 2 heterocycles. The summed E-state index contributed by atoms with van der Waals surface area (Å²) in [5.74, 6) is 3.75. The Kier molecular flexibility index (Phi) is 6.02. The van der Waals surface area contributed by atoms with Gasteiger partial charge in [0.15, 0.2) is 11.8 Å². The number of fused-ring (bicyclic) bond motifs is 1. The lowest BCUT2D eigenvalue weighted by Gasteiger charge is -2.12. The molecule has 0 aromatic carbocycles. The Bertz CT molecular complexity index is 463. The number of hydrogen-bond acceptors (Lipinski definition) is 3. The van der Waals surface area contributed by atoms with Crippen LogP contribution in [0.2, 0.25) is 0 Å². The lowest BCUT2D eigenvalue weighted by atomic mass is 10.1. The molecule has 1 aromatic heterocycles. The van der Waals surface area contributed by atoms with Crippen molar-refractivity contribution in [2.45, 2.75) is 59.0 Å². The van der Waals surface area contributed by atoms with Gasteiger partial charge in [-0.15, -0.1) is 10.2 Å². The topological polar surface area (TPSA) is 67.1 Å². The second-order valence-corrected chi connectivity index (χ2v) is 6.03. The van der Waals surface area contributed by atoms with Crippen LogP contribution in [0.4, 0.5) is 0 Å². The molecule has 2 rings (SSSR count). The molecule has 0 atom stereocenters. The third-order valence-corrected chi connectivity index (χ3v) is 3.82. The molecule has 0 spiro atoms. The Balaban J connectivity index is 1.68. The predicted molar refractivity (Wildman–Crippen MR) is 85.2 cm³/mol. The van der Waals surface area contributed by atoms with E-state index in [2.05, 4.69) is 44.2 Å². The van der Waals surface area contributed by atoms with Gasteiger partial charge in [-0.25, -0.2) is 0 Å². The van der Waals surface area contributed by atoms with Gasteiger partial charge in [0.05, 0.1) is 6.54 Å². The first-order valence-corrected chi connectivity index (χ1v) is 8.06. The monoisotopic (exact) mass is 292 g/mol. The van der Waals surface area contributed by atoms with E-state index >= 15 is 0 Å². The highest BCUT2D eigenvalue weighted by Crippen LogP contribution is 2.13. The van der Waals surface area contributed by atoms with Gasteiger partial charge in [-0.1, -0.05) is 26.7 Å². The van der Waals surface area contributed by atoms with Gasteiger partial charge in [0.2, 0.25) is 0 Å². The first-order chi connectivity index (χ1) is 10.2. The van der Waals surface area contributed by atoms with Crippen LogP contribution >= 0.6 is 0 Å². The van der Waals surface area contributed by atoms with E-state index in [1.165, 1.54) is 25.7 Å². The quantitative estimate of drug-likeness (QED) is 0.456. The molecule has 1 aromatic rings. The van der Waals surface area contributed by atoms with Crippen molar-refractivity contribution in [1.29, 1.82) is 0 Å². The fourth-order valence-electron chi connectivity index (χ4n) is 2.61. The normalized spacial score (nSPS) is 14.6. The van der Waals surface area contributed by atoms with Crippen LogP contribution in [0.3, 0.4) is 0 Å². The molecule has 0 saturated heterocycles. The minimum atomic E-state index is 0.679. The van der Waals surface area contributed by atoms with Gasteiger partial charge in [0.1, 0.15) is 5.82 Å². The van der Waals surface area contributed by atoms with Crippen LogP contribution < -0.4 is 10.6 Å². The lowest BCUT2D eigenvalue weighted by molar-refractivity contribution is 0.534. The van der Waals surface area contributed by atoms with Crippen molar-refractivity contribution in [3.8, 4) is 0 Å². The van der Waals surface area contributed by atoms with Crippen LogP contribution in [-0.2, 0) is 19.5 Å². The maximum absolute atomic E-state index is 4.25. The van der Waals surface area contributed by atoms with Crippen LogP contribution in [0, 0.1) is 5.92 Å². The van der Waals surface area contributed by atoms with Crippen molar-refractivity contribution in [3.63, 3.8) is 0 Å². The smallest absolute Gasteiger partial charge is 0.191 e. The number of nitrogens with zero attached hydrogens (tertiary/aromatic N) is 4. The average molecular weight is 292 g/mol. The number of aryl methyl sites for hydroxylation is 1. The summed E-state index contributed by atoms with van der Waals surface area (Å²) in [6.45, 7) is 7.22. The third-order valence-electron chi connectivity index (χ3n) is 3.82. The van der Waals surface area contributed by atoms with Crippen molar-refractivity contribution >= 4 is 5.96 Å². The minimum absolute atomic E-state index is 0.679. The minimum Gasteiger partial charge on any atom is -0.356 e. The zero-order valence-corrected chi connectivity index (χ0v) is 13.5.